The zero-order valence-corrected chi connectivity index (χ0v) is 32.2. The van der Waals surface area contributed by atoms with Gasteiger partial charge in [0.1, 0.15) is 22.3 Å². The molecule has 0 aliphatic rings. The highest BCUT2D eigenvalue weighted by Crippen LogP contribution is 2.43. The third kappa shape index (κ3) is 5.67. The van der Waals surface area contributed by atoms with Crippen molar-refractivity contribution in [2.75, 3.05) is 0 Å². The molecule has 0 N–H and O–H groups in total. The van der Waals surface area contributed by atoms with E-state index in [1.54, 1.807) is 0 Å². The van der Waals surface area contributed by atoms with Gasteiger partial charge in [-0.15, -0.1) is 0 Å². The van der Waals surface area contributed by atoms with Crippen molar-refractivity contribution < 1.29 is 8.83 Å². The summed E-state index contributed by atoms with van der Waals surface area (Å²) in [5.41, 5.74) is 15.6. The van der Waals surface area contributed by atoms with Crippen LogP contribution in [0.2, 0.25) is 0 Å². The van der Waals surface area contributed by atoms with Crippen molar-refractivity contribution in [3.05, 3.63) is 200 Å². The van der Waals surface area contributed by atoms with Crippen molar-refractivity contribution >= 4 is 54.8 Å². The molecule has 0 aliphatic carbocycles. The molecule has 0 amide bonds. The highest BCUT2D eigenvalue weighted by molar-refractivity contribution is 6.17. The number of fused-ring (bicyclic) bond motifs is 7. The van der Waals surface area contributed by atoms with E-state index in [1.165, 1.54) is 0 Å². The first-order chi connectivity index (χ1) is 29.7. The molecular formula is C55H33N3O2. The minimum atomic E-state index is 0.671. The van der Waals surface area contributed by atoms with Crippen molar-refractivity contribution in [2.45, 2.75) is 0 Å². The lowest BCUT2D eigenvalue weighted by molar-refractivity contribution is 0.668. The summed E-state index contributed by atoms with van der Waals surface area (Å²) in [7, 11) is 0. The van der Waals surface area contributed by atoms with Crippen LogP contribution in [-0.2, 0) is 0 Å². The predicted molar refractivity (Wildman–Crippen MR) is 245 cm³/mol. The van der Waals surface area contributed by atoms with Crippen LogP contribution in [0.3, 0.4) is 0 Å². The van der Waals surface area contributed by atoms with E-state index < -0.39 is 0 Å². The fourth-order valence-electron chi connectivity index (χ4n) is 8.64. The lowest BCUT2D eigenvalue weighted by atomic mass is 9.93. The first-order valence-electron chi connectivity index (χ1n) is 20.1. The number of aromatic nitrogens is 3. The molecule has 4 aromatic heterocycles. The summed E-state index contributed by atoms with van der Waals surface area (Å²) in [5.74, 6) is 0.671. The summed E-state index contributed by atoms with van der Waals surface area (Å²) in [5, 5.41) is 5.50. The van der Waals surface area contributed by atoms with Gasteiger partial charge in [0, 0.05) is 55.4 Å². The first-order valence-corrected chi connectivity index (χ1v) is 20.1. The van der Waals surface area contributed by atoms with E-state index in [0.717, 1.165) is 116 Å². The first kappa shape index (κ1) is 33.9. The van der Waals surface area contributed by atoms with E-state index in [2.05, 4.69) is 138 Å². The van der Waals surface area contributed by atoms with Crippen molar-refractivity contribution in [3.8, 4) is 67.3 Å². The second-order valence-electron chi connectivity index (χ2n) is 15.1. The number of benzene rings is 8. The van der Waals surface area contributed by atoms with E-state index in [1.807, 2.05) is 66.9 Å². The highest BCUT2D eigenvalue weighted by atomic mass is 16.3. The molecule has 0 fully saturated rings. The number of pyridine rings is 1. The van der Waals surface area contributed by atoms with Gasteiger partial charge < -0.3 is 8.83 Å². The van der Waals surface area contributed by atoms with Crippen LogP contribution in [0.15, 0.2) is 209 Å². The molecule has 5 nitrogen and oxygen atoms in total. The molecular weight excluding hydrogens is 735 g/mol. The number of hydrogen-bond acceptors (Lipinski definition) is 5. The number of rotatable bonds is 6. The molecule has 0 atom stereocenters. The van der Waals surface area contributed by atoms with Gasteiger partial charge >= 0.3 is 0 Å². The summed E-state index contributed by atoms with van der Waals surface area (Å²) >= 11 is 0. The minimum absolute atomic E-state index is 0.671. The average Bonchev–Trinajstić information content (AvgIpc) is 3.90. The van der Waals surface area contributed by atoms with Crippen molar-refractivity contribution in [2.24, 2.45) is 0 Å². The quantitative estimate of drug-likeness (QED) is 0.169. The second kappa shape index (κ2) is 13.8. The van der Waals surface area contributed by atoms with Gasteiger partial charge in [-0.2, -0.15) is 0 Å². The normalized spacial score (nSPS) is 11.7. The number of para-hydroxylation sites is 3. The number of nitrogens with zero attached hydrogens (tertiary/aromatic N) is 3. The molecule has 0 saturated carbocycles. The Labute approximate surface area is 344 Å². The summed E-state index contributed by atoms with van der Waals surface area (Å²) in [6.07, 6.45) is 1.87. The van der Waals surface area contributed by atoms with Gasteiger partial charge in [0.15, 0.2) is 5.82 Å². The maximum Gasteiger partial charge on any atom is 0.160 e. The van der Waals surface area contributed by atoms with Crippen LogP contribution in [0.1, 0.15) is 0 Å². The number of furan rings is 2. The fraction of sp³-hybridized carbons (Fsp3) is 0. The van der Waals surface area contributed by atoms with Crippen LogP contribution < -0.4 is 0 Å². The third-order valence-corrected chi connectivity index (χ3v) is 11.6. The van der Waals surface area contributed by atoms with Gasteiger partial charge in [0.05, 0.1) is 16.9 Å². The van der Waals surface area contributed by atoms with Crippen molar-refractivity contribution in [1.29, 1.82) is 0 Å². The van der Waals surface area contributed by atoms with E-state index in [4.69, 9.17) is 18.8 Å². The Balaban J connectivity index is 0.939. The summed E-state index contributed by atoms with van der Waals surface area (Å²) in [4.78, 5) is 14.8. The fourth-order valence-corrected chi connectivity index (χ4v) is 8.64. The molecule has 12 aromatic rings. The Bertz CT molecular complexity index is 3580. The summed E-state index contributed by atoms with van der Waals surface area (Å²) in [6, 6.07) is 67.2. The molecule has 4 heterocycles. The van der Waals surface area contributed by atoms with Crippen LogP contribution >= 0.6 is 0 Å². The molecule has 12 rings (SSSR count). The Morgan fingerprint density at radius 3 is 1.68 bits per heavy atom. The molecule has 5 heteroatoms. The minimum Gasteiger partial charge on any atom is -0.456 e. The molecule has 8 aromatic carbocycles. The smallest absolute Gasteiger partial charge is 0.160 e. The molecule has 0 saturated heterocycles. The van der Waals surface area contributed by atoms with Crippen LogP contribution in [0.4, 0.5) is 0 Å². The largest absolute Gasteiger partial charge is 0.456 e. The van der Waals surface area contributed by atoms with Crippen LogP contribution in [0, 0.1) is 0 Å². The SMILES string of the molecule is c1ccc(-c2cc(-c3ccc(-c4ccc(-c5ccc6c(c5)oc5ccccc56)c5oc6ccccc6c45)cc3)nc(-c3ccc(-c4ccnc5ccccc45)cc3)n2)cc1. The Kier molecular flexibility index (Phi) is 7.78. The molecule has 0 unspecified atom stereocenters. The van der Waals surface area contributed by atoms with Gasteiger partial charge in [-0.1, -0.05) is 146 Å². The third-order valence-electron chi connectivity index (χ3n) is 11.6. The zero-order valence-electron chi connectivity index (χ0n) is 32.2. The van der Waals surface area contributed by atoms with Crippen molar-refractivity contribution in [1.82, 2.24) is 15.0 Å². The monoisotopic (exact) mass is 767 g/mol. The molecule has 0 bridgehead atoms. The van der Waals surface area contributed by atoms with Crippen LogP contribution in [0.25, 0.3) is 122 Å². The summed E-state index contributed by atoms with van der Waals surface area (Å²) in [6.45, 7) is 0. The topological polar surface area (TPSA) is 65.0 Å². The Hall–Kier alpha value is -8.15. The van der Waals surface area contributed by atoms with Crippen LogP contribution in [0.5, 0.6) is 0 Å². The number of hydrogen-bond donors (Lipinski definition) is 0. The van der Waals surface area contributed by atoms with E-state index >= 15 is 0 Å². The van der Waals surface area contributed by atoms with E-state index in [9.17, 15) is 0 Å². The van der Waals surface area contributed by atoms with Gasteiger partial charge in [-0.05, 0) is 76.3 Å². The molecule has 0 aliphatic heterocycles. The van der Waals surface area contributed by atoms with Gasteiger partial charge in [0.2, 0.25) is 0 Å². The maximum atomic E-state index is 6.68. The summed E-state index contributed by atoms with van der Waals surface area (Å²) < 4.78 is 13.0. The Morgan fingerprint density at radius 1 is 0.333 bits per heavy atom. The standard InChI is InChI=1S/C55H33N3O2/c1-2-10-36(11-3-1)48-33-49(58-55(57-48)38-24-20-34(21-25-38)40-30-31-56-47-15-7-4-12-43(40)47)37-22-18-35(19-23-37)41-28-29-42(54-53(41)46-14-6-9-17-51(46)60-54)39-26-27-45-44-13-5-8-16-50(44)59-52(45)32-39/h1-33H. The molecule has 280 valence electrons. The van der Waals surface area contributed by atoms with Gasteiger partial charge in [-0.25, -0.2) is 9.97 Å². The molecule has 0 spiro atoms. The predicted octanol–water partition coefficient (Wildman–Crippen LogP) is 14.8. The highest BCUT2D eigenvalue weighted by Gasteiger charge is 2.19. The zero-order chi connectivity index (χ0) is 39.6. The van der Waals surface area contributed by atoms with E-state index in [0.29, 0.717) is 5.82 Å². The maximum absolute atomic E-state index is 6.68. The molecule has 60 heavy (non-hydrogen) atoms. The lowest BCUT2D eigenvalue weighted by Crippen LogP contribution is -1.96. The average molecular weight is 768 g/mol. The Morgan fingerprint density at radius 2 is 0.900 bits per heavy atom. The molecule has 0 radical (unpaired) electrons. The van der Waals surface area contributed by atoms with Crippen molar-refractivity contribution in [3.63, 3.8) is 0 Å². The lowest BCUT2D eigenvalue weighted by Gasteiger charge is -2.12. The van der Waals surface area contributed by atoms with Gasteiger partial charge in [-0.3, -0.25) is 4.98 Å². The van der Waals surface area contributed by atoms with E-state index in [-0.39, 0.29) is 0 Å². The second-order valence-corrected chi connectivity index (χ2v) is 15.1. The van der Waals surface area contributed by atoms with Crippen LogP contribution in [-0.4, -0.2) is 15.0 Å². The van der Waals surface area contributed by atoms with Gasteiger partial charge in [0.25, 0.3) is 0 Å².